The van der Waals surface area contributed by atoms with Gasteiger partial charge in [0.05, 0.1) is 0 Å². The van der Waals surface area contributed by atoms with E-state index in [4.69, 9.17) is 0 Å². The highest BCUT2D eigenvalue weighted by Gasteiger charge is 2.02. The summed E-state index contributed by atoms with van der Waals surface area (Å²) in [4.78, 5) is 10.9. The zero-order valence-corrected chi connectivity index (χ0v) is 7.64. The minimum Gasteiger partial charge on any atom is -0.356 e. The van der Waals surface area contributed by atoms with Crippen LogP contribution in [0.1, 0.15) is 32.1 Å². The molecule has 1 rings (SSSR count). The Hall–Kier alpha value is -0.530. The maximum absolute atomic E-state index is 10.9. The number of amides is 1. The van der Waals surface area contributed by atoms with Crippen LogP contribution >= 0.6 is 0 Å². The van der Waals surface area contributed by atoms with Crippen molar-refractivity contribution >= 4 is 5.91 Å². The van der Waals surface area contributed by atoms with Crippen molar-refractivity contribution in [2.45, 2.75) is 32.1 Å². The molecule has 0 atom stereocenters. The van der Waals surface area contributed by atoms with Gasteiger partial charge < -0.3 is 5.32 Å². The van der Waals surface area contributed by atoms with Crippen LogP contribution in [0.2, 0.25) is 0 Å². The molecule has 1 aliphatic rings. The van der Waals surface area contributed by atoms with E-state index in [2.05, 4.69) is 11.7 Å². The zero-order chi connectivity index (χ0) is 7.23. The molecule has 1 heterocycles. The van der Waals surface area contributed by atoms with E-state index >= 15 is 0 Å². The lowest BCUT2D eigenvalue weighted by Gasteiger charge is -1.99. The van der Waals surface area contributed by atoms with Gasteiger partial charge in [0, 0.05) is 13.0 Å². The minimum absolute atomic E-state index is 0. The second kappa shape index (κ2) is 8.57. The monoisotopic (exact) mass is 168 g/mol. The highest BCUT2D eigenvalue weighted by molar-refractivity contribution is 5.75. The third kappa shape index (κ3) is 6.20. The Kier molecular flexibility index (Phi) is 10.0. The Morgan fingerprint density at radius 1 is 1.17 bits per heavy atom. The van der Waals surface area contributed by atoms with Gasteiger partial charge in [0.2, 0.25) is 5.91 Å². The van der Waals surface area contributed by atoms with Gasteiger partial charge in [-0.05, 0) is 19.3 Å². The fourth-order valence-electron chi connectivity index (χ4n) is 1.12. The van der Waals surface area contributed by atoms with Crippen LogP contribution in [0.5, 0.6) is 0 Å². The Labute approximate surface area is 76.7 Å². The topological polar surface area (TPSA) is 29.1 Å². The van der Waals surface area contributed by atoms with Crippen LogP contribution in [-0.4, -0.2) is 12.5 Å². The van der Waals surface area contributed by atoms with E-state index in [1.54, 1.807) is 0 Å². The average Bonchev–Trinajstić information content (AvgIpc) is 2.02. The van der Waals surface area contributed by atoms with E-state index in [9.17, 15) is 4.79 Å². The summed E-state index contributed by atoms with van der Waals surface area (Å²) in [6, 6.07) is 0. The van der Waals surface area contributed by atoms with Crippen LogP contribution in [0.3, 0.4) is 0 Å². The number of carbonyl (C=O) groups excluding carboxylic acids is 1. The third-order valence-electron chi connectivity index (χ3n) is 1.73. The van der Waals surface area contributed by atoms with Gasteiger partial charge in [-0.2, -0.15) is 0 Å². The van der Waals surface area contributed by atoms with Crippen molar-refractivity contribution in [1.82, 2.24) is 5.32 Å². The van der Waals surface area contributed by atoms with Crippen molar-refractivity contribution in [3.63, 3.8) is 0 Å². The maximum atomic E-state index is 10.9. The smallest absolute Gasteiger partial charge is 0.219 e. The lowest BCUT2D eigenvalue weighted by Crippen LogP contribution is -2.23. The van der Waals surface area contributed by atoms with Gasteiger partial charge in [-0.3, -0.25) is 4.79 Å². The molecule has 5 radical (unpaired) electrons. The van der Waals surface area contributed by atoms with Gasteiger partial charge in [-0.25, -0.2) is 0 Å². The molecule has 0 aromatic carbocycles. The van der Waals surface area contributed by atoms with E-state index in [1.165, 1.54) is 12.8 Å². The summed E-state index contributed by atoms with van der Waals surface area (Å²) in [5, 5.41) is 2.85. The van der Waals surface area contributed by atoms with Crippen LogP contribution in [-0.2, 0) is 4.79 Å². The SMILES string of the molecule is O=C1CCCC[CH]CCN1.[CH2].[CH2]. The van der Waals surface area contributed by atoms with Crippen molar-refractivity contribution in [1.29, 1.82) is 0 Å². The summed E-state index contributed by atoms with van der Waals surface area (Å²) in [5.41, 5.74) is 0. The van der Waals surface area contributed by atoms with Gasteiger partial charge in [0.1, 0.15) is 0 Å². The quantitative estimate of drug-likeness (QED) is 0.588. The molecule has 0 spiro atoms. The Morgan fingerprint density at radius 3 is 2.67 bits per heavy atom. The lowest BCUT2D eigenvalue weighted by molar-refractivity contribution is -0.121. The van der Waals surface area contributed by atoms with Crippen LogP contribution in [0.4, 0.5) is 0 Å². The van der Waals surface area contributed by atoms with Gasteiger partial charge in [-0.15, -0.1) is 0 Å². The molecule has 1 amide bonds. The molecular formula is C10H18NO. The summed E-state index contributed by atoms with van der Waals surface area (Å²) in [6.07, 6.45) is 7.40. The molecule has 1 N–H and O–H groups in total. The van der Waals surface area contributed by atoms with E-state index in [0.29, 0.717) is 6.42 Å². The predicted octanol–water partition coefficient (Wildman–Crippen LogP) is 1.93. The van der Waals surface area contributed by atoms with Crippen LogP contribution in [0, 0.1) is 21.3 Å². The molecule has 0 bridgehead atoms. The molecule has 12 heavy (non-hydrogen) atoms. The molecule has 2 heteroatoms. The molecule has 0 unspecified atom stereocenters. The Bertz CT molecular complexity index is 100. The van der Waals surface area contributed by atoms with Gasteiger partial charge in [0.25, 0.3) is 0 Å². The molecule has 2 nitrogen and oxygen atoms in total. The minimum atomic E-state index is 0. The highest BCUT2D eigenvalue weighted by atomic mass is 16.1. The molecular weight excluding hydrogens is 150 g/mol. The second-order valence-electron chi connectivity index (χ2n) is 2.67. The predicted molar refractivity (Wildman–Crippen MR) is 51.1 cm³/mol. The summed E-state index contributed by atoms with van der Waals surface area (Å²) in [7, 11) is 0. The fourth-order valence-corrected chi connectivity index (χ4v) is 1.12. The van der Waals surface area contributed by atoms with Crippen molar-refractivity contribution in [3.05, 3.63) is 21.3 Å². The third-order valence-corrected chi connectivity index (χ3v) is 1.73. The molecule has 69 valence electrons. The van der Waals surface area contributed by atoms with Crippen molar-refractivity contribution < 1.29 is 4.79 Å². The number of hydrogen-bond acceptors (Lipinski definition) is 1. The summed E-state index contributed by atoms with van der Waals surface area (Å²) in [5.74, 6) is 0.218. The number of hydrogen-bond donors (Lipinski definition) is 1. The number of nitrogens with one attached hydrogen (secondary N) is 1. The number of rotatable bonds is 0. The molecule has 0 saturated carbocycles. The van der Waals surface area contributed by atoms with E-state index < -0.39 is 0 Å². The van der Waals surface area contributed by atoms with Gasteiger partial charge in [-0.1, -0.05) is 27.7 Å². The van der Waals surface area contributed by atoms with E-state index in [1.807, 2.05) is 0 Å². The second-order valence-corrected chi connectivity index (χ2v) is 2.67. The molecule has 0 aliphatic carbocycles. The highest BCUT2D eigenvalue weighted by Crippen LogP contribution is 2.05. The van der Waals surface area contributed by atoms with Gasteiger partial charge >= 0.3 is 0 Å². The summed E-state index contributed by atoms with van der Waals surface area (Å²) < 4.78 is 0. The molecule has 1 saturated heterocycles. The van der Waals surface area contributed by atoms with Crippen molar-refractivity contribution in [2.75, 3.05) is 6.54 Å². The van der Waals surface area contributed by atoms with Crippen LogP contribution in [0.25, 0.3) is 0 Å². The number of carbonyl (C=O) groups is 1. The average molecular weight is 168 g/mol. The first kappa shape index (κ1) is 14.0. The molecule has 0 aromatic rings. The van der Waals surface area contributed by atoms with Crippen molar-refractivity contribution in [3.8, 4) is 0 Å². The first-order valence-corrected chi connectivity index (χ1v) is 3.98. The molecule has 1 fully saturated rings. The zero-order valence-electron chi connectivity index (χ0n) is 7.64. The first-order valence-electron chi connectivity index (χ1n) is 3.98. The normalized spacial score (nSPS) is 18.5. The lowest BCUT2D eigenvalue weighted by atomic mass is 10.1. The summed E-state index contributed by atoms with van der Waals surface area (Å²) >= 11 is 0. The van der Waals surface area contributed by atoms with Crippen LogP contribution in [0.15, 0.2) is 0 Å². The largest absolute Gasteiger partial charge is 0.356 e. The fraction of sp³-hybridized carbons (Fsp3) is 0.600. The van der Waals surface area contributed by atoms with E-state index in [0.717, 1.165) is 19.4 Å². The van der Waals surface area contributed by atoms with Crippen molar-refractivity contribution in [2.24, 2.45) is 0 Å². The van der Waals surface area contributed by atoms with Crippen LogP contribution < -0.4 is 5.32 Å². The Morgan fingerprint density at radius 2 is 1.92 bits per heavy atom. The van der Waals surface area contributed by atoms with Gasteiger partial charge in [0.15, 0.2) is 0 Å². The Balaban J connectivity index is 0. The summed E-state index contributed by atoms with van der Waals surface area (Å²) in [6.45, 7) is 0.832. The maximum Gasteiger partial charge on any atom is 0.219 e. The molecule has 0 aromatic heterocycles. The standard InChI is InChI=1S/C8H14NO.2CH2/c10-8-6-4-2-1-3-5-7-9-8;;/h3H,1-2,4-7H2,(H,9,10);2*1H2. The first-order chi connectivity index (χ1) is 4.89. The van der Waals surface area contributed by atoms with E-state index in [-0.39, 0.29) is 20.8 Å². The molecule has 1 aliphatic heterocycles.